The van der Waals surface area contributed by atoms with Gasteiger partial charge < -0.3 is 4.57 Å². The summed E-state index contributed by atoms with van der Waals surface area (Å²) in [5, 5.41) is 0.925. The van der Waals surface area contributed by atoms with E-state index >= 15 is 0 Å². The van der Waals surface area contributed by atoms with E-state index in [0.29, 0.717) is 39.7 Å². The molecular weight excluding hydrogens is 375 g/mol. The lowest BCUT2D eigenvalue weighted by atomic mass is 10.2. The number of fused-ring (bicyclic) bond motifs is 1. The molecule has 3 rings (SSSR count). The van der Waals surface area contributed by atoms with Gasteiger partial charge in [-0.1, -0.05) is 43.1 Å². The summed E-state index contributed by atoms with van der Waals surface area (Å²) in [7, 11) is 1.80. The Balaban J connectivity index is 2.29. The van der Waals surface area contributed by atoms with Gasteiger partial charge in [-0.3, -0.25) is 13.9 Å². The quantitative estimate of drug-likeness (QED) is 0.667. The molecule has 8 heteroatoms. The molecule has 1 aromatic carbocycles. The predicted octanol–water partition coefficient (Wildman–Crippen LogP) is 3.22. The smallest absolute Gasteiger partial charge is 0.325 e. The van der Waals surface area contributed by atoms with Gasteiger partial charge in [0.1, 0.15) is 5.82 Å². The third-order valence-electron chi connectivity index (χ3n) is 4.44. The molecule has 0 amide bonds. The van der Waals surface area contributed by atoms with Crippen LogP contribution in [0.2, 0.25) is 10.0 Å². The Morgan fingerprint density at radius 2 is 1.85 bits per heavy atom. The zero-order valence-corrected chi connectivity index (χ0v) is 16.4. The van der Waals surface area contributed by atoms with E-state index in [9.17, 15) is 9.59 Å². The van der Waals surface area contributed by atoms with Gasteiger partial charge in [0.15, 0.2) is 11.2 Å². The zero-order valence-electron chi connectivity index (χ0n) is 14.9. The van der Waals surface area contributed by atoms with Crippen LogP contribution in [-0.4, -0.2) is 18.7 Å². The van der Waals surface area contributed by atoms with E-state index in [1.54, 1.807) is 34.4 Å². The maximum atomic E-state index is 13.1. The Labute approximate surface area is 160 Å². The van der Waals surface area contributed by atoms with Crippen LogP contribution in [0.15, 0.2) is 27.8 Å². The van der Waals surface area contributed by atoms with Crippen LogP contribution < -0.4 is 11.2 Å². The fourth-order valence-corrected chi connectivity index (χ4v) is 3.58. The summed E-state index contributed by atoms with van der Waals surface area (Å²) < 4.78 is 4.55. The van der Waals surface area contributed by atoms with Crippen LogP contribution in [0, 0.1) is 0 Å². The van der Waals surface area contributed by atoms with E-state index in [4.69, 9.17) is 23.2 Å². The lowest BCUT2D eigenvalue weighted by Gasteiger charge is -2.12. The second-order valence-electron chi connectivity index (χ2n) is 6.17. The molecule has 3 aromatic rings. The first-order valence-corrected chi connectivity index (χ1v) is 9.27. The molecular formula is C18H20Cl2N4O2. The second-order valence-corrected chi connectivity index (χ2v) is 7.02. The van der Waals surface area contributed by atoms with Gasteiger partial charge >= 0.3 is 5.69 Å². The van der Waals surface area contributed by atoms with Crippen molar-refractivity contribution >= 4 is 34.4 Å². The number of halogens is 2. The molecule has 0 atom stereocenters. The Morgan fingerprint density at radius 1 is 1.12 bits per heavy atom. The van der Waals surface area contributed by atoms with Crippen LogP contribution in [0.25, 0.3) is 11.2 Å². The van der Waals surface area contributed by atoms with Crippen molar-refractivity contribution in [2.24, 2.45) is 7.05 Å². The average Bonchev–Trinajstić information content (AvgIpc) is 2.93. The van der Waals surface area contributed by atoms with E-state index < -0.39 is 0 Å². The highest BCUT2D eigenvalue weighted by molar-refractivity contribution is 6.35. The molecule has 0 unspecified atom stereocenters. The Morgan fingerprint density at radius 3 is 2.46 bits per heavy atom. The molecule has 0 aliphatic carbocycles. The highest BCUT2D eigenvalue weighted by Gasteiger charge is 2.19. The SMILES string of the molecule is CCCn1c(=O)n(Cc2ccc(Cl)cc2Cl)c(=O)c2c1nc(CC)n2C. The van der Waals surface area contributed by atoms with Gasteiger partial charge in [-0.25, -0.2) is 9.78 Å². The summed E-state index contributed by atoms with van der Waals surface area (Å²) in [5.74, 6) is 0.767. The van der Waals surface area contributed by atoms with Crippen LogP contribution in [-0.2, 0) is 26.6 Å². The van der Waals surface area contributed by atoms with E-state index in [1.807, 2.05) is 13.8 Å². The van der Waals surface area contributed by atoms with Crippen LogP contribution in [0.1, 0.15) is 31.7 Å². The molecule has 0 aliphatic heterocycles. The molecule has 138 valence electrons. The zero-order chi connectivity index (χ0) is 19.0. The molecule has 0 radical (unpaired) electrons. The van der Waals surface area contributed by atoms with Crippen molar-refractivity contribution in [3.8, 4) is 0 Å². The summed E-state index contributed by atoms with van der Waals surface area (Å²) in [4.78, 5) is 30.6. The van der Waals surface area contributed by atoms with Crippen molar-refractivity contribution in [2.75, 3.05) is 0 Å². The number of nitrogens with zero attached hydrogens (tertiary/aromatic N) is 4. The van der Waals surface area contributed by atoms with Gasteiger partial charge in [0, 0.05) is 30.1 Å². The number of imidazole rings is 1. The third kappa shape index (κ3) is 3.08. The fourth-order valence-electron chi connectivity index (χ4n) is 3.11. The minimum Gasteiger partial charge on any atom is -0.325 e. The first-order valence-electron chi connectivity index (χ1n) is 8.51. The molecule has 0 saturated heterocycles. The molecule has 2 heterocycles. The first kappa shape index (κ1) is 18.7. The van der Waals surface area contributed by atoms with Gasteiger partial charge in [-0.15, -0.1) is 0 Å². The molecule has 0 aliphatic rings. The molecule has 0 spiro atoms. The number of aryl methyl sites for hydroxylation is 3. The van der Waals surface area contributed by atoms with Crippen molar-refractivity contribution in [3.63, 3.8) is 0 Å². The number of aromatic nitrogens is 4. The molecule has 0 N–H and O–H groups in total. The number of rotatable bonds is 5. The highest BCUT2D eigenvalue weighted by Crippen LogP contribution is 2.21. The lowest BCUT2D eigenvalue weighted by molar-refractivity contribution is 0.588. The maximum absolute atomic E-state index is 13.1. The minimum absolute atomic E-state index is 0.0833. The second kappa shape index (κ2) is 7.29. The summed E-state index contributed by atoms with van der Waals surface area (Å²) in [6.45, 7) is 4.52. The predicted molar refractivity (Wildman–Crippen MR) is 104 cm³/mol. The van der Waals surface area contributed by atoms with E-state index in [0.717, 1.165) is 12.2 Å². The Hall–Kier alpha value is -2.05. The summed E-state index contributed by atoms with van der Waals surface area (Å²) >= 11 is 12.2. The van der Waals surface area contributed by atoms with Crippen LogP contribution in [0.3, 0.4) is 0 Å². The monoisotopic (exact) mass is 394 g/mol. The van der Waals surface area contributed by atoms with Gasteiger partial charge in [0.25, 0.3) is 5.56 Å². The summed E-state index contributed by atoms with van der Waals surface area (Å²) in [6.07, 6.45) is 1.43. The molecule has 26 heavy (non-hydrogen) atoms. The first-order chi connectivity index (χ1) is 12.4. The largest absolute Gasteiger partial charge is 0.333 e. The van der Waals surface area contributed by atoms with Gasteiger partial charge in [-0.05, 0) is 24.1 Å². The minimum atomic E-state index is -0.379. The average molecular weight is 395 g/mol. The van der Waals surface area contributed by atoms with Gasteiger partial charge in [0.2, 0.25) is 0 Å². The van der Waals surface area contributed by atoms with Crippen molar-refractivity contribution in [3.05, 3.63) is 60.5 Å². The normalized spacial score (nSPS) is 11.4. The Bertz CT molecular complexity index is 1100. The number of hydrogen-bond donors (Lipinski definition) is 0. The van der Waals surface area contributed by atoms with E-state index in [1.165, 1.54) is 4.57 Å². The standard InChI is InChI=1S/C18H20Cl2N4O2/c1-4-8-23-16-15(22(3)14(5-2)21-16)17(25)24(18(23)26)10-11-6-7-12(19)9-13(11)20/h6-7,9H,4-5,8,10H2,1-3H3. The fraction of sp³-hybridized carbons (Fsp3) is 0.389. The van der Waals surface area contributed by atoms with E-state index in [2.05, 4.69) is 4.98 Å². The van der Waals surface area contributed by atoms with Crippen molar-refractivity contribution < 1.29 is 0 Å². The topological polar surface area (TPSA) is 61.8 Å². The molecule has 0 saturated carbocycles. The molecule has 2 aromatic heterocycles. The summed E-state index contributed by atoms with van der Waals surface area (Å²) in [6, 6.07) is 5.02. The van der Waals surface area contributed by atoms with Crippen LogP contribution >= 0.6 is 23.2 Å². The molecule has 0 bridgehead atoms. The van der Waals surface area contributed by atoms with Crippen LogP contribution in [0.4, 0.5) is 0 Å². The van der Waals surface area contributed by atoms with Crippen molar-refractivity contribution in [1.82, 2.24) is 18.7 Å². The number of benzene rings is 1. The maximum Gasteiger partial charge on any atom is 0.333 e. The lowest BCUT2D eigenvalue weighted by Crippen LogP contribution is -2.40. The number of hydrogen-bond acceptors (Lipinski definition) is 3. The van der Waals surface area contributed by atoms with E-state index in [-0.39, 0.29) is 17.8 Å². The van der Waals surface area contributed by atoms with Gasteiger partial charge in [-0.2, -0.15) is 0 Å². The highest BCUT2D eigenvalue weighted by atomic mass is 35.5. The Kier molecular flexibility index (Phi) is 5.25. The third-order valence-corrected chi connectivity index (χ3v) is 5.03. The van der Waals surface area contributed by atoms with Crippen LogP contribution in [0.5, 0.6) is 0 Å². The molecule has 0 fully saturated rings. The summed E-state index contributed by atoms with van der Waals surface area (Å²) in [5.41, 5.74) is 0.796. The van der Waals surface area contributed by atoms with Crippen molar-refractivity contribution in [1.29, 1.82) is 0 Å². The van der Waals surface area contributed by atoms with Crippen molar-refractivity contribution in [2.45, 2.75) is 39.8 Å². The van der Waals surface area contributed by atoms with Gasteiger partial charge in [0.05, 0.1) is 6.54 Å². The molecule has 6 nitrogen and oxygen atoms in total.